The van der Waals surface area contributed by atoms with Gasteiger partial charge >= 0.3 is 0 Å². The molecule has 0 aromatic carbocycles. The molecule has 0 spiro atoms. The van der Waals surface area contributed by atoms with E-state index in [2.05, 4.69) is 18.8 Å². The van der Waals surface area contributed by atoms with Crippen molar-refractivity contribution in [3.05, 3.63) is 29.6 Å². The van der Waals surface area contributed by atoms with Crippen LogP contribution in [-0.4, -0.2) is 16.7 Å². The van der Waals surface area contributed by atoms with Crippen LogP contribution < -0.4 is 5.73 Å². The SMILES string of the molecule is CC1(C)CCc2ncccc2C1(N)CO. The molecule has 1 heterocycles. The number of aliphatic hydroxyl groups excluding tert-OH is 1. The quantitative estimate of drug-likeness (QED) is 0.726. The third-order valence-corrected chi connectivity index (χ3v) is 3.81. The van der Waals surface area contributed by atoms with Gasteiger partial charge in [-0.05, 0) is 29.9 Å². The smallest absolute Gasteiger partial charge is 0.0713 e. The summed E-state index contributed by atoms with van der Waals surface area (Å²) in [4.78, 5) is 4.34. The van der Waals surface area contributed by atoms with Gasteiger partial charge in [0.2, 0.25) is 0 Å². The molecule has 1 atom stereocenters. The lowest BCUT2D eigenvalue weighted by molar-refractivity contribution is 0.0622. The van der Waals surface area contributed by atoms with Crippen molar-refractivity contribution in [3.63, 3.8) is 0 Å². The van der Waals surface area contributed by atoms with E-state index in [0.29, 0.717) is 0 Å². The molecular formula is C12H18N2O. The lowest BCUT2D eigenvalue weighted by atomic mass is 9.62. The van der Waals surface area contributed by atoms with E-state index in [1.165, 1.54) is 0 Å². The van der Waals surface area contributed by atoms with Gasteiger partial charge in [0.1, 0.15) is 0 Å². The first-order chi connectivity index (χ1) is 7.01. The van der Waals surface area contributed by atoms with Crippen LogP contribution in [-0.2, 0) is 12.0 Å². The Morgan fingerprint density at radius 1 is 1.53 bits per heavy atom. The standard InChI is InChI=1S/C12H18N2O/c1-11(2)6-5-10-9(4-3-7-14-10)12(11,13)8-15/h3-4,7,15H,5-6,8,13H2,1-2H3. The summed E-state index contributed by atoms with van der Waals surface area (Å²) in [5, 5.41) is 9.58. The maximum Gasteiger partial charge on any atom is 0.0713 e. The summed E-state index contributed by atoms with van der Waals surface area (Å²) in [5.41, 5.74) is 7.65. The molecule has 1 aliphatic rings. The van der Waals surface area contributed by atoms with Crippen molar-refractivity contribution in [2.75, 3.05) is 6.61 Å². The number of hydrogen-bond acceptors (Lipinski definition) is 3. The minimum Gasteiger partial charge on any atom is -0.394 e. The number of aromatic nitrogens is 1. The van der Waals surface area contributed by atoms with Crippen molar-refractivity contribution in [1.82, 2.24) is 4.98 Å². The van der Waals surface area contributed by atoms with Crippen molar-refractivity contribution >= 4 is 0 Å². The highest BCUT2D eigenvalue weighted by molar-refractivity contribution is 5.34. The molecule has 0 aliphatic heterocycles. The third-order valence-electron chi connectivity index (χ3n) is 3.81. The summed E-state index contributed by atoms with van der Waals surface area (Å²) >= 11 is 0. The van der Waals surface area contributed by atoms with Crippen LogP contribution in [0.15, 0.2) is 18.3 Å². The maximum atomic E-state index is 9.58. The van der Waals surface area contributed by atoms with E-state index in [4.69, 9.17) is 5.73 Å². The Bertz CT molecular complexity index is 376. The van der Waals surface area contributed by atoms with E-state index in [9.17, 15) is 5.11 Å². The largest absolute Gasteiger partial charge is 0.394 e. The Morgan fingerprint density at radius 3 is 2.93 bits per heavy atom. The Hall–Kier alpha value is -0.930. The van der Waals surface area contributed by atoms with Crippen LogP contribution in [0.3, 0.4) is 0 Å². The van der Waals surface area contributed by atoms with Crippen molar-refractivity contribution in [2.45, 2.75) is 32.2 Å². The number of aryl methyl sites for hydroxylation is 1. The number of fused-ring (bicyclic) bond motifs is 1. The second-order valence-electron chi connectivity index (χ2n) is 5.01. The monoisotopic (exact) mass is 206 g/mol. The Morgan fingerprint density at radius 2 is 2.27 bits per heavy atom. The molecule has 0 saturated heterocycles. The van der Waals surface area contributed by atoms with Gasteiger partial charge in [0.25, 0.3) is 0 Å². The van der Waals surface area contributed by atoms with Crippen molar-refractivity contribution in [1.29, 1.82) is 0 Å². The lowest BCUT2D eigenvalue weighted by Crippen LogP contribution is -2.55. The van der Waals surface area contributed by atoms with Crippen molar-refractivity contribution in [2.24, 2.45) is 11.1 Å². The van der Waals surface area contributed by atoms with Crippen LogP contribution >= 0.6 is 0 Å². The highest BCUT2D eigenvalue weighted by atomic mass is 16.3. The van der Waals surface area contributed by atoms with Gasteiger partial charge in [0.05, 0.1) is 12.1 Å². The molecule has 0 fully saturated rings. The van der Waals surface area contributed by atoms with Crippen LogP contribution in [0.5, 0.6) is 0 Å². The topological polar surface area (TPSA) is 59.1 Å². The summed E-state index contributed by atoms with van der Waals surface area (Å²) in [6, 6.07) is 3.87. The molecule has 2 rings (SSSR count). The average Bonchev–Trinajstić information content (AvgIpc) is 2.24. The van der Waals surface area contributed by atoms with E-state index in [1.807, 2.05) is 12.1 Å². The van der Waals surface area contributed by atoms with E-state index < -0.39 is 5.54 Å². The molecule has 0 saturated carbocycles. The number of aliphatic hydroxyl groups is 1. The van der Waals surface area contributed by atoms with Crippen LogP contribution in [0.1, 0.15) is 31.5 Å². The number of pyridine rings is 1. The van der Waals surface area contributed by atoms with Gasteiger partial charge in [-0.1, -0.05) is 19.9 Å². The number of hydrogen-bond donors (Lipinski definition) is 2. The molecule has 1 unspecified atom stereocenters. The molecule has 0 radical (unpaired) electrons. The van der Waals surface area contributed by atoms with E-state index in [1.54, 1.807) is 6.20 Å². The molecule has 82 valence electrons. The summed E-state index contributed by atoms with van der Waals surface area (Å²) < 4.78 is 0. The minimum atomic E-state index is -0.658. The molecule has 1 aromatic rings. The van der Waals surface area contributed by atoms with E-state index in [0.717, 1.165) is 24.1 Å². The summed E-state index contributed by atoms with van der Waals surface area (Å²) in [6.45, 7) is 4.19. The number of nitrogens with zero attached hydrogens (tertiary/aromatic N) is 1. The molecular weight excluding hydrogens is 188 g/mol. The van der Waals surface area contributed by atoms with Crippen LogP contribution in [0, 0.1) is 5.41 Å². The van der Waals surface area contributed by atoms with E-state index >= 15 is 0 Å². The Labute approximate surface area is 90.3 Å². The van der Waals surface area contributed by atoms with Crippen molar-refractivity contribution < 1.29 is 5.11 Å². The fourth-order valence-corrected chi connectivity index (χ4v) is 2.36. The first kappa shape index (κ1) is 10.6. The number of rotatable bonds is 1. The highest BCUT2D eigenvalue weighted by Crippen LogP contribution is 2.45. The minimum absolute atomic E-state index is 0.0291. The predicted molar refractivity (Wildman–Crippen MR) is 59.3 cm³/mol. The zero-order valence-electron chi connectivity index (χ0n) is 9.33. The fourth-order valence-electron chi connectivity index (χ4n) is 2.36. The Kier molecular flexibility index (Phi) is 2.32. The maximum absolute atomic E-state index is 9.58. The zero-order valence-corrected chi connectivity index (χ0v) is 9.33. The molecule has 15 heavy (non-hydrogen) atoms. The molecule has 0 bridgehead atoms. The molecule has 1 aliphatic carbocycles. The van der Waals surface area contributed by atoms with Gasteiger partial charge in [-0.3, -0.25) is 4.98 Å². The molecule has 0 amide bonds. The summed E-state index contributed by atoms with van der Waals surface area (Å²) in [6.07, 6.45) is 3.70. The predicted octanol–water partition coefficient (Wildman–Crippen LogP) is 1.20. The van der Waals surface area contributed by atoms with Crippen molar-refractivity contribution in [3.8, 4) is 0 Å². The van der Waals surface area contributed by atoms with Crippen LogP contribution in [0.4, 0.5) is 0 Å². The lowest BCUT2D eigenvalue weighted by Gasteiger charge is -2.47. The third kappa shape index (κ3) is 1.38. The van der Waals surface area contributed by atoms with Gasteiger partial charge in [-0.25, -0.2) is 0 Å². The van der Waals surface area contributed by atoms with Gasteiger partial charge in [-0.15, -0.1) is 0 Å². The molecule has 3 heteroatoms. The molecule has 3 N–H and O–H groups in total. The fraction of sp³-hybridized carbons (Fsp3) is 0.583. The summed E-state index contributed by atoms with van der Waals surface area (Å²) in [7, 11) is 0. The van der Waals surface area contributed by atoms with Gasteiger partial charge in [0, 0.05) is 11.9 Å². The molecule has 3 nitrogen and oxygen atoms in total. The Balaban J connectivity index is 2.58. The second kappa shape index (κ2) is 3.29. The van der Waals surface area contributed by atoms with Gasteiger partial charge in [0.15, 0.2) is 0 Å². The van der Waals surface area contributed by atoms with Gasteiger partial charge in [-0.2, -0.15) is 0 Å². The first-order valence-electron chi connectivity index (χ1n) is 5.35. The average molecular weight is 206 g/mol. The second-order valence-corrected chi connectivity index (χ2v) is 5.01. The van der Waals surface area contributed by atoms with Crippen LogP contribution in [0.25, 0.3) is 0 Å². The number of nitrogens with two attached hydrogens (primary N) is 1. The molecule has 1 aromatic heterocycles. The van der Waals surface area contributed by atoms with E-state index in [-0.39, 0.29) is 12.0 Å². The zero-order chi connectivity index (χ0) is 11.1. The highest BCUT2D eigenvalue weighted by Gasteiger charge is 2.46. The van der Waals surface area contributed by atoms with Crippen LogP contribution in [0.2, 0.25) is 0 Å². The normalized spacial score (nSPS) is 28.5. The first-order valence-corrected chi connectivity index (χ1v) is 5.35. The summed E-state index contributed by atoms with van der Waals surface area (Å²) in [5.74, 6) is 0. The van der Waals surface area contributed by atoms with Gasteiger partial charge < -0.3 is 10.8 Å².